The number of carbonyl (C=O) groups is 2. The lowest BCUT2D eigenvalue weighted by Crippen LogP contribution is -2.53. The fourth-order valence-corrected chi connectivity index (χ4v) is 6.06. The molecule has 0 aliphatic carbocycles. The molecule has 3 aromatic carbocycles. The van der Waals surface area contributed by atoms with Crippen molar-refractivity contribution >= 4 is 27.5 Å². The number of nitrogens with zero attached hydrogens (tertiary/aromatic N) is 2. The summed E-state index contributed by atoms with van der Waals surface area (Å²) in [6.45, 7) is 13.5. The maximum absolute atomic E-state index is 14.2. The van der Waals surface area contributed by atoms with Crippen LogP contribution in [0.2, 0.25) is 0 Å². The molecule has 0 saturated heterocycles. The topological polar surface area (TPSA) is 86.8 Å². The van der Waals surface area contributed by atoms with Crippen LogP contribution in [0.25, 0.3) is 0 Å². The lowest BCUT2D eigenvalue weighted by atomic mass is 10.0. The smallest absolute Gasteiger partial charge is 0.264 e. The third-order valence-corrected chi connectivity index (χ3v) is 9.38. The van der Waals surface area contributed by atoms with Crippen LogP contribution >= 0.6 is 0 Å². The fourth-order valence-electron chi connectivity index (χ4n) is 4.64. The van der Waals surface area contributed by atoms with E-state index in [1.54, 1.807) is 36.4 Å². The molecule has 2 amide bonds. The van der Waals surface area contributed by atoms with Crippen LogP contribution in [0, 0.1) is 13.8 Å². The summed E-state index contributed by atoms with van der Waals surface area (Å²) in [7, 11) is -4.10. The van der Waals surface area contributed by atoms with E-state index in [-0.39, 0.29) is 29.3 Å². The van der Waals surface area contributed by atoms with Crippen LogP contribution in [0.15, 0.2) is 77.7 Å². The van der Waals surface area contributed by atoms with Crippen LogP contribution in [-0.4, -0.2) is 43.8 Å². The van der Waals surface area contributed by atoms with Crippen molar-refractivity contribution in [1.29, 1.82) is 0 Å². The second-order valence-corrected chi connectivity index (χ2v) is 13.2. The molecule has 0 radical (unpaired) electrons. The highest BCUT2D eigenvalue weighted by Gasteiger charge is 2.34. The zero-order valence-electron chi connectivity index (χ0n) is 25.9. The number of rotatable bonds is 13. The Morgan fingerprint density at radius 3 is 1.83 bits per heavy atom. The Hall–Kier alpha value is -3.65. The van der Waals surface area contributed by atoms with Gasteiger partial charge in [-0.1, -0.05) is 87.4 Å². The van der Waals surface area contributed by atoms with Crippen LogP contribution in [0.4, 0.5) is 5.69 Å². The second-order valence-electron chi connectivity index (χ2n) is 11.3. The fraction of sp³-hybridized carbons (Fsp3) is 0.412. The summed E-state index contributed by atoms with van der Waals surface area (Å²) in [6, 6.07) is 20.8. The van der Waals surface area contributed by atoms with E-state index in [2.05, 4.69) is 19.2 Å². The molecule has 8 heteroatoms. The first kappa shape index (κ1) is 32.9. The van der Waals surface area contributed by atoms with Crippen molar-refractivity contribution in [3.05, 3.63) is 95.1 Å². The zero-order chi connectivity index (χ0) is 31.0. The maximum Gasteiger partial charge on any atom is 0.264 e. The van der Waals surface area contributed by atoms with Crippen molar-refractivity contribution in [3.63, 3.8) is 0 Å². The first-order valence-corrected chi connectivity index (χ1v) is 16.2. The van der Waals surface area contributed by atoms with Gasteiger partial charge < -0.3 is 10.2 Å². The lowest BCUT2D eigenvalue weighted by molar-refractivity contribution is -0.140. The van der Waals surface area contributed by atoms with Gasteiger partial charge in [0.25, 0.3) is 10.0 Å². The summed E-state index contributed by atoms with van der Waals surface area (Å²) in [5, 5.41) is 3.01. The molecule has 2 atom stereocenters. The van der Waals surface area contributed by atoms with Gasteiger partial charge in [0, 0.05) is 12.6 Å². The lowest BCUT2D eigenvalue weighted by Gasteiger charge is -2.33. The Bertz CT molecular complexity index is 1430. The molecule has 0 fully saturated rings. The van der Waals surface area contributed by atoms with Crippen molar-refractivity contribution in [2.45, 2.75) is 90.7 Å². The third-order valence-electron chi connectivity index (χ3n) is 7.60. The highest BCUT2D eigenvalue weighted by molar-refractivity contribution is 7.92. The molecule has 42 heavy (non-hydrogen) atoms. The molecule has 0 saturated carbocycles. The first-order chi connectivity index (χ1) is 19.9. The number of hydrogen-bond donors (Lipinski definition) is 1. The number of benzene rings is 3. The zero-order valence-corrected chi connectivity index (χ0v) is 26.7. The van der Waals surface area contributed by atoms with Crippen LogP contribution in [0.3, 0.4) is 0 Å². The van der Waals surface area contributed by atoms with Crippen molar-refractivity contribution in [2.24, 2.45) is 0 Å². The number of carbonyl (C=O) groups excluding carboxylic acids is 2. The first-order valence-electron chi connectivity index (χ1n) is 14.7. The number of nitrogens with one attached hydrogen (secondary N) is 1. The molecular weight excluding hydrogens is 546 g/mol. The SMILES string of the molecule is CC[C@@H](C)NC(=O)[C@H](CC)N(Cc1ccc(C)cc1)C(=O)CN(c1ccc(C(C)C)cc1)S(=O)(=O)c1ccc(C)cc1. The van der Waals surface area contributed by atoms with E-state index in [1.165, 1.54) is 4.90 Å². The molecule has 0 unspecified atom stereocenters. The molecule has 0 spiro atoms. The monoisotopic (exact) mass is 591 g/mol. The van der Waals surface area contributed by atoms with Crippen molar-refractivity contribution in [3.8, 4) is 0 Å². The van der Waals surface area contributed by atoms with E-state index < -0.39 is 28.5 Å². The normalized spacial score (nSPS) is 13.0. The van der Waals surface area contributed by atoms with Gasteiger partial charge in [-0.2, -0.15) is 0 Å². The molecule has 3 rings (SSSR count). The van der Waals surface area contributed by atoms with Gasteiger partial charge in [0.1, 0.15) is 12.6 Å². The molecule has 7 nitrogen and oxygen atoms in total. The van der Waals surface area contributed by atoms with Crippen LogP contribution in [0.5, 0.6) is 0 Å². The summed E-state index contributed by atoms with van der Waals surface area (Å²) >= 11 is 0. The maximum atomic E-state index is 14.2. The van der Waals surface area contributed by atoms with Gasteiger partial charge in [-0.15, -0.1) is 0 Å². The highest BCUT2D eigenvalue weighted by Crippen LogP contribution is 2.27. The minimum absolute atomic E-state index is 0.0548. The summed E-state index contributed by atoms with van der Waals surface area (Å²) < 4.78 is 29.3. The van der Waals surface area contributed by atoms with E-state index in [9.17, 15) is 18.0 Å². The molecule has 0 aliphatic rings. The van der Waals surface area contributed by atoms with E-state index in [4.69, 9.17) is 0 Å². The predicted molar refractivity (Wildman–Crippen MR) is 170 cm³/mol. The molecule has 3 aromatic rings. The standard InChI is InChI=1S/C34H45N3O4S/c1-8-27(7)35-34(39)32(9-2)36(22-28-14-10-25(5)11-15-28)33(38)23-37(30-18-16-29(17-19-30)24(3)4)42(40,41)31-20-12-26(6)13-21-31/h10-21,24,27,32H,8-9,22-23H2,1-7H3,(H,35,39)/t27-,32+/m1/s1. The summed E-state index contributed by atoms with van der Waals surface area (Å²) in [5.74, 6) is -0.436. The number of sulfonamides is 1. The molecule has 0 bridgehead atoms. The van der Waals surface area contributed by atoms with Gasteiger partial charge >= 0.3 is 0 Å². The largest absolute Gasteiger partial charge is 0.352 e. The summed E-state index contributed by atoms with van der Waals surface area (Å²) in [5.41, 5.74) is 4.32. The number of aryl methyl sites for hydroxylation is 2. The average Bonchev–Trinajstić information content (AvgIpc) is 2.96. The Balaban J connectivity index is 2.07. The van der Waals surface area contributed by atoms with Gasteiger partial charge in [0.2, 0.25) is 11.8 Å². The van der Waals surface area contributed by atoms with E-state index in [1.807, 2.05) is 71.0 Å². The Kier molecular flexibility index (Phi) is 11.3. The number of anilines is 1. The third kappa shape index (κ3) is 8.22. The molecule has 0 heterocycles. The molecular formula is C34H45N3O4S. The van der Waals surface area contributed by atoms with E-state index in [0.29, 0.717) is 12.1 Å². The van der Waals surface area contributed by atoms with Gasteiger partial charge in [0.15, 0.2) is 0 Å². The second kappa shape index (κ2) is 14.5. The van der Waals surface area contributed by atoms with Crippen LogP contribution < -0.4 is 9.62 Å². The Labute approximate surface area is 252 Å². The summed E-state index contributed by atoms with van der Waals surface area (Å²) in [6.07, 6.45) is 1.14. The molecule has 0 aliphatic heterocycles. The molecule has 0 aromatic heterocycles. The molecule has 1 N–H and O–H groups in total. The van der Waals surface area contributed by atoms with Gasteiger partial charge in [-0.25, -0.2) is 8.42 Å². The van der Waals surface area contributed by atoms with Crippen molar-refractivity contribution in [2.75, 3.05) is 10.8 Å². The van der Waals surface area contributed by atoms with E-state index >= 15 is 0 Å². The number of amides is 2. The van der Waals surface area contributed by atoms with Crippen molar-refractivity contribution < 1.29 is 18.0 Å². The predicted octanol–water partition coefficient (Wildman–Crippen LogP) is 6.34. The molecule has 226 valence electrons. The highest BCUT2D eigenvalue weighted by atomic mass is 32.2. The van der Waals surface area contributed by atoms with Gasteiger partial charge in [-0.05, 0) is 74.9 Å². The van der Waals surface area contributed by atoms with Crippen LogP contribution in [0.1, 0.15) is 75.6 Å². The van der Waals surface area contributed by atoms with Gasteiger partial charge in [-0.3, -0.25) is 13.9 Å². The Morgan fingerprint density at radius 2 is 1.33 bits per heavy atom. The minimum atomic E-state index is -4.10. The Morgan fingerprint density at radius 1 is 0.786 bits per heavy atom. The van der Waals surface area contributed by atoms with E-state index in [0.717, 1.165) is 33.0 Å². The summed E-state index contributed by atoms with van der Waals surface area (Å²) in [4.78, 5) is 29.2. The average molecular weight is 592 g/mol. The van der Waals surface area contributed by atoms with Gasteiger partial charge in [0.05, 0.1) is 10.6 Å². The minimum Gasteiger partial charge on any atom is -0.352 e. The quantitative estimate of drug-likeness (QED) is 0.251. The number of hydrogen-bond acceptors (Lipinski definition) is 4. The van der Waals surface area contributed by atoms with Crippen LogP contribution in [-0.2, 0) is 26.2 Å². The van der Waals surface area contributed by atoms with Crippen molar-refractivity contribution in [1.82, 2.24) is 10.2 Å².